The van der Waals surface area contributed by atoms with Crippen LogP contribution in [-0.2, 0) is 20.8 Å². The number of halogens is 3. The van der Waals surface area contributed by atoms with E-state index in [1.54, 1.807) is 12.1 Å². The molecule has 1 fully saturated rings. The minimum Gasteiger partial charge on any atom is -0.398 e. The second kappa shape index (κ2) is 13.2. The molecule has 0 saturated carbocycles. The minimum atomic E-state index is -3.34. The largest absolute Gasteiger partial charge is 0.398 e. The molecular formula is C29H25Cl2FN8O6. The number of nitrogens with one attached hydrogen (secondary N) is 1. The first-order valence-corrected chi connectivity index (χ1v) is 14.2. The van der Waals surface area contributed by atoms with Gasteiger partial charge in [0.25, 0.3) is 0 Å². The molecule has 1 saturated heterocycles. The van der Waals surface area contributed by atoms with E-state index >= 15 is 0 Å². The van der Waals surface area contributed by atoms with Crippen molar-refractivity contribution in [1.82, 2.24) is 19.9 Å². The van der Waals surface area contributed by atoms with Crippen LogP contribution >= 0.6 is 23.2 Å². The Hall–Kier alpha value is -4.93. The maximum Gasteiger partial charge on any atom is 0.387 e. The Kier molecular flexibility index (Phi) is 9.32. The van der Waals surface area contributed by atoms with Crippen LogP contribution in [0.25, 0.3) is 5.69 Å². The van der Waals surface area contributed by atoms with E-state index in [0.29, 0.717) is 11.3 Å². The van der Waals surface area contributed by atoms with Crippen molar-refractivity contribution in [1.29, 1.82) is 0 Å². The van der Waals surface area contributed by atoms with Crippen molar-refractivity contribution in [3.8, 4) is 5.69 Å². The average molecular weight is 671 g/mol. The van der Waals surface area contributed by atoms with Gasteiger partial charge in [0.1, 0.15) is 24.9 Å². The lowest BCUT2D eigenvalue weighted by Gasteiger charge is -2.38. The van der Waals surface area contributed by atoms with Crippen LogP contribution in [0.4, 0.5) is 21.5 Å². The molecule has 6 N–H and O–H groups in total. The van der Waals surface area contributed by atoms with Gasteiger partial charge in [-0.15, -0.1) is 5.10 Å². The highest BCUT2D eigenvalue weighted by Crippen LogP contribution is 2.30. The van der Waals surface area contributed by atoms with Gasteiger partial charge in [0, 0.05) is 34.6 Å². The zero-order valence-electron chi connectivity index (χ0n) is 23.6. The van der Waals surface area contributed by atoms with Gasteiger partial charge in [0.2, 0.25) is 17.7 Å². The van der Waals surface area contributed by atoms with Gasteiger partial charge in [-0.1, -0.05) is 40.5 Å². The van der Waals surface area contributed by atoms with Crippen LogP contribution in [0.2, 0.25) is 10.2 Å². The SMILES string of the molecule is Nc1ccc(NC(=O)C(Cc2ccc(F)cc2)N2CC(=O)N(c3cc(Cl)ccc3-n3cc(Cl)nn3)CC2=O)cc1C=NC(O)(O)O. The zero-order chi connectivity index (χ0) is 33.2. The number of aliphatic hydroxyl groups is 3. The Balaban J connectivity index is 1.44. The molecule has 5 rings (SSSR count). The fraction of sp³-hybridized carbons (Fsp3) is 0.172. The van der Waals surface area contributed by atoms with Gasteiger partial charge in [-0.05, 0) is 54.1 Å². The van der Waals surface area contributed by atoms with Gasteiger partial charge in [0.05, 0.1) is 17.6 Å². The fourth-order valence-corrected chi connectivity index (χ4v) is 5.03. The highest BCUT2D eigenvalue weighted by molar-refractivity contribution is 6.31. The summed E-state index contributed by atoms with van der Waals surface area (Å²) < 4.78 is 15.0. The van der Waals surface area contributed by atoms with Crippen LogP contribution in [0, 0.1) is 5.82 Å². The number of rotatable bonds is 9. The van der Waals surface area contributed by atoms with Crippen LogP contribution in [0.1, 0.15) is 11.1 Å². The number of hydrogen-bond acceptors (Lipinski definition) is 10. The van der Waals surface area contributed by atoms with E-state index in [4.69, 9.17) is 44.3 Å². The first-order chi connectivity index (χ1) is 21.8. The van der Waals surface area contributed by atoms with Crippen molar-refractivity contribution < 1.29 is 34.1 Å². The summed E-state index contributed by atoms with van der Waals surface area (Å²) in [6, 6.07) is 13.0. The normalized spacial score (nSPS) is 14.7. The Morgan fingerprint density at radius 2 is 1.78 bits per heavy atom. The predicted octanol–water partition coefficient (Wildman–Crippen LogP) is 1.73. The highest BCUT2D eigenvalue weighted by atomic mass is 35.5. The van der Waals surface area contributed by atoms with Gasteiger partial charge in [-0.2, -0.15) is 0 Å². The number of anilines is 3. The maximum absolute atomic E-state index is 13.7. The summed E-state index contributed by atoms with van der Waals surface area (Å²) in [6.07, 6.45) is -1.10. The number of nitrogens with two attached hydrogens (primary N) is 1. The monoisotopic (exact) mass is 670 g/mol. The van der Waals surface area contributed by atoms with Crippen molar-refractivity contribution in [2.45, 2.75) is 18.6 Å². The second-order valence-electron chi connectivity index (χ2n) is 10.2. The molecule has 17 heteroatoms. The molecule has 1 aliphatic heterocycles. The summed E-state index contributed by atoms with van der Waals surface area (Å²) in [5, 5.41) is 38.0. The molecule has 46 heavy (non-hydrogen) atoms. The minimum absolute atomic E-state index is 0.0731. The van der Waals surface area contributed by atoms with Crippen molar-refractivity contribution >= 4 is 64.2 Å². The topological polar surface area (TPSA) is 199 Å². The van der Waals surface area contributed by atoms with Gasteiger partial charge < -0.3 is 31.3 Å². The quantitative estimate of drug-likeness (QED) is 0.0999. The van der Waals surface area contributed by atoms with E-state index in [1.807, 2.05) is 0 Å². The lowest BCUT2D eigenvalue weighted by atomic mass is 10.0. The molecule has 3 aromatic carbocycles. The standard InChI is InChI=1S/C29H25Cl2FN8O6/c30-18-3-8-22(40-13-25(31)36-37-40)23(11-18)38-14-27(42)39(15-26(38)41)24(9-16-1-4-19(32)5-2-16)28(43)35-20-6-7-21(33)17(10-20)12-34-29(44,45)46/h1-8,10-13,24,44-46H,9,14-15,33H2,(H,35,43). The highest BCUT2D eigenvalue weighted by Gasteiger charge is 2.39. The third kappa shape index (κ3) is 7.64. The third-order valence-corrected chi connectivity index (χ3v) is 7.32. The fourth-order valence-electron chi connectivity index (χ4n) is 4.74. The van der Waals surface area contributed by atoms with E-state index in [2.05, 4.69) is 20.6 Å². The number of carbonyl (C=O) groups is 3. The number of nitrogens with zero attached hydrogens (tertiary/aromatic N) is 6. The van der Waals surface area contributed by atoms with Crippen molar-refractivity contribution in [2.75, 3.05) is 29.0 Å². The molecule has 1 atom stereocenters. The molecule has 0 spiro atoms. The zero-order valence-corrected chi connectivity index (χ0v) is 25.1. The third-order valence-electron chi connectivity index (χ3n) is 6.91. The summed E-state index contributed by atoms with van der Waals surface area (Å²) in [7, 11) is 0. The summed E-state index contributed by atoms with van der Waals surface area (Å²) in [5.41, 5.74) is 7.49. The summed E-state index contributed by atoms with van der Waals surface area (Å²) in [5.74, 6) is -2.28. The summed E-state index contributed by atoms with van der Waals surface area (Å²) in [6.45, 7) is -0.942. The van der Waals surface area contributed by atoms with Crippen LogP contribution in [0.3, 0.4) is 0 Å². The molecule has 14 nitrogen and oxygen atoms in total. The number of piperazine rings is 1. The molecule has 238 valence electrons. The van der Waals surface area contributed by atoms with Crippen molar-refractivity contribution in [3.63, 3.8) is 0 Å². The van der Waals surface area contributed by atoms with Crippen molar-refractivity contribution in [2.24, 2.45) is 4.99 Å². The molecule has 2 heterocycles. The van der Waals surface area contributed by atoms with Crippen LogP contribution in [-0.4, -0.2) is 84.4 Å². The Bertz CT molecular complexity index is 1830. The first kappa shape index (κ1) is 32.5. The molecule has 0 aliphatic carbocycles. The summed E-state index contributed by atoms with van der Waals surface area (Å²) in [4.78, 5) is 46.6. The van der Waals surface area contributed by atoms with E-state index < -0.39 is 48.8 Å². The number of aliphatic imine (C=N–C) groups is 1. The van der Waals surface area contributed by atoms with E-state index in [-0.39, 0.29) is 39.2 Å². The van der Waals surface area contributed by atoms with Crippen LogP contribution in [0.5, 0.6) is 0 Å². The molecule has 3 amide bonds. The lowest BCUT2D eigenvalue weighted by Crippen LogP contribution is -2.60. The number of aromatic nitrogens is 3. The second-order valence-corrected chi connectivity index (χ2v) is 11.0. The Morgan fingerprint density at radius 3 is 2.46 bits per heavy atom. The number of amides is 3. The number of nitrogen functional groups attached to an aromatic ring is 1. The van der Waals surface area contributed by atoms with Gasteiger partial charge in [0.15, 0.2) is 5.15 Å². The number of benzene rings is 3. The average Bonchev–Trinajstić information content (AvgIpc) is 3.43. The van der Waals surface area contributed by atoms with E-state index in [0.717, 1.165) is 11.1 Å². The van der Waals surface area contributed by atoms with E-state index in [1.165, 1.54) is 64.3 Å². The molecule has 4 aromatic rings. The first-order valence-electron chi connectivity index (χ1n) is 13.4. The van der Waals surface area contributed by atoms with Crippen LogP contribution in [0.15, 0.2) is 71.9 Å². The van der Waals surface area contributed by atoms with Crippen molar-refractivity contribution in [3.05, 3.63) is 94.0 Å². The molecular weight excluding hydrogens is 646 g/mol. The summed E-state index contributed by atoms with van der Waals surface area (Å²) >= 11 is 12.2. The number of carbonyl (C=O) groups excluding carboxylic acids is 3. The lowest BCUT2D eigenvalue weighted by molar-refractivity contribution is -0.304. The maximum atomic E-state index is 13.7. The van der Waals surface area contributed by atoms with Gasteiger partial charge in [-0.3, -0.25) is 19.3 Å². The molecule has 0 radical (unpaired) electrons. The number of hydrogen-bond donors (Lipinski definition) is 5. The Morgan fingerprint density at radius 1 is 1.04 bits per heavy atom. The predicted molar refractivity (Wildman–Crippen MR) is 166 cm³/mol. The molecule has 1 aromatic heterocycles. The van der Waals surface area contributed by atoms with Crippen LogP contribution < -0.4 is 16.0 Å². The molecule has 1 unspecified atom stereocenters. The smallest absolute Gasteiger partial charge is 0.387 e. The van der Waals surface area contributed by atoms with E-state index in [9.17, 15) is 18.8 Å². The van der Waals surface area contributed by atoms with Gasteiger partial charge in [-0.25, -0.2) is 14.1 Å². The van der Waals surface area contributed by atoms with Gasteiger partial charge >= 0.3 is 6.10 Å². The Labute approximate surface area is 270 Å². The molecule has 1 aliphatic rings. The molecule has 0 bridgehead atoms.